The van der Waals surface area contributed by atoms with Crippen molar-refractivity contribution in [1.29, 1.82) is 0 Å². The highest BCUT2D eigenvalue weighted by molar-refractivity contribution is 7.14. The molecule has 4 atom stereocenters. The molecule has 0 radical (unpaired) electrons. The van der Waals surface area contributed by atoms with Crippen LogP contribution in [0.1, 0.15) is 77.6 Å². The number of nitrogens with one attached hydrogen (secondary N) is 2. The van der Waals surface area contributed by atoms with E-state index in [1.807, 2.05) is 24.6 Å². The molecule has 2 aromatic heterocycles. The summed E-state index contributed by atoms with van der Waals surface area (Å²) in [6, 6.07) is 0. The third-order valence-electron chi connectivity index (χ3n) is 6.63. The second-order valence-corrected chi connectivity index (χ2v) is 11.3. The van der Waals surface area contributed by atoms with Gasteiger partial charge in [0.05, 0.1) is 23.2 Å². The Kier molecular flexibility index (Phi) is 7.47. The van der Waals surface area contributed by atoms with E-state index in [4.69, 9.17) is 9.47 Å². The van der Waals surface area contributed by atoms with Gasteiger partial charge in [-0.2, -0.15) is 0 Å². The molecule has 2 aliphatic rings. The van der Waals surface area contributed by atoms with Gasteiger partial charge in [-0.3, -0.25) is 9.59 Å². The predicted octanol–water partition coefficient (Wildman–Crippen LogP) is 5.28. The number of ether oxygens (including phenoxy) is 2. The first kappa shape index (κ1) is 24.9. The molecule has 0 aliphatic carbocycles. The maximum atomic E-state index is 12.2. The summed E-state index contributed by atoms with van der Waals surface area (Å²) in [7, 11) is 0. The van der Waals surface area contributed by atoms with E-state index < -0.39 is 11.2 Å². The van der Waals surface area contributed by atoms with Gasteiger partial charge in [0.1, 0.15) is 0 Å². The smallest absolute Gasteiger partial charge is 0.310 e. The summed E-state index contributed by atoms with van der Waals surface area (Å²) in [6.07, 6.45) is 5.02. The highest BCUT2D eigenvalue weighted by Crippen LogP contribution is 2.43. The second-order valence-electron chi connectivity index (χ2n) is 9.61. The molecule has 0 unspecified atom stereocenters. The van der Waals surface area contributed by atoms with Crippen LogP contribution < -0.4 is 10.6 Å². The third kappa shape index (κ3) is 5.22. The van der Waals surface area contributed by atoms with Crippen LogP contribution in [0.4, 0.5) is 10.3 Å². The molecule has 2 aliphatic heterocycles. The molecule has 0 spiro atoms. The zero-order chi connectivity index (χ0) is 24.3. The van der Waals surface area contributed by atoms with Crippen LogP contribution in [0.3, 0.4) is 0 Å². The lowest BCUT2D eigenvalue weighted by molar-refractivity contribution is -0.151. The van der Waals surface area contributed by atoms with Gasteiger partial charge in [0.25, 0.3) is 0 Å². The molecule has 0 saturated carbocycles. The van der Waals surface area contributed by atoms with Gasteiger partial charge in [-0.1, -0.05) is 26.7 Å². The normalized spacial score (nSPS) is 28.7. The highest BCUT2D eigenvalue weighted by Gasteiger charge is 2.46. The van der Waals surface area contributed by atoms with Crippen LogP contribution in [0.25, 0.3) is 0 Å². The maximum absolute atomic E-state index is 12.2. The summed E-state index contributed by atoms with van der Waals surface area (Å²) in [5, 5.41) is 12.2. The average Bonchev–Trinajstić information content (AvgIpc) is 3.55. The molecule has 0 amide bonds. The van der Waals surface area contributed by atoms with Gasteiger partial charge in [-0.25, -0.2) is 9.97 Å². The molecular weight excluding hydrogens is 472 g/mol. The van der Waals surface area contributed by atoms with Crippen LogP contribution in [-0.2, 0) is 30.3 Å². The molecular formula is C24H34N4O4S2. The predicted molar refractivity (Wildman–Crippen MR) is 134 cm³/mol. The molecule has 2 N–H and O–H groups in total. The van der Waals surface area contributed by atoms with Crippen molar-refractivity contribution in [3.05, 3.63) is 22.1 Å². The Morgan fingerprint density at radius 3 is 1.65 bits per heavy atom. The second kappa shape index (κ2) is 10.2. The molecule has 2 fully saturated rings. The van der Waals surface area contributed by atoms with E-state index in [-0.39, 0.29) is 23.8 Å². The van der Waals surface area contributed by atoms with E-state index in [2.05, 4.69) is 34.4 Å². The van der Waals surface area contributed by atoms with Gasteiger partial charge in [0.15, 0.2) is 21.5 Å². The zero-order valence-corrected chi connectivity index (χ0v) is 21.9. The lowest BCUT2D eigenvalue weighted by Gasteiger charge is -2.20. The molecule has 4 heterocycles. The number of carbonyl (C=O) groups excluding carboxylic acids is 2. The number of hydrogen-bond donors (Lipinski definition) is 2. The summed E-state index contributed by atoms with van der Waals surface area (Å²) in [5.74, 6) is -0.289. The average molecular weight is 507 g/mol. The Morgan fingerprint density at radius 2 is 1.26 bits per heavy atom. The van der Waals surface area contributed by atoms with E-state index in [1.54, 1.807) is 0 Å². The number of aromatic nitrogens is 2. The molecule has 2 saturated heterocycles. The Morgan fingerprint density at radius 1 is 0.853 bits per heavy atom. The minimum atomic E-state index is -0.640. The lowest BCUT2D eigenvalue weighted by Crippen LogP contribution is -2.22. The maximum Gasteiger partial charge on any atom is 0.310 e. The first-order valence-corrected chi connectivity index (χ1v) is 13.9. The van der Waals surface area contributed by atoms with Crippen molar-refractivity contribution in [3.8, 4) is 0 Å². The highest BCUT2D eigenvalue weighted by atomic mass is 32.1. The topological polar surface area (TPSA) is 102 Å². The van der Waals surface area contributed by atoms with Crippen LogP contribution in [0.15, 0.2) is 10.8 Å². The fourth-order valence-corrected chi connectivity index (χ4v) is 6.51. The molecule has 0 bridgehead atoms. The number of nitrogens with zero attached hydrogens (tertiary/aromatic N) is 2. The van der Waals surface area contributed by atoms with Crippen LogP contribution in [0.5, 0.6) is 0 Å². The molecule has 34 heavy (non-hydrogen) atoms. The molecule has 186 valence electrons. The fraction of sp³-hybridized carbons (Fsp3) is 0.667. The van der Waals surface area contributed by atoms with E-state index in [0.717, 1.165) is 47.3 Å². The Hall–Kier alpha value is -2.20. The first-order valence-electron chi connectivity index (χ1n) is 12.1. The largest absolute Gasteiger partial charge is 0.453 e. The monoisotopic (exact) mass is 506 g/mol. The quantitative estimate of drug-likeness (QED) is 0.313. The fourth-order valence-electron chi connectivity index (χ4n) is 4.79. The molecule has 2 aromatic rings. The number of cyclic esters (lactones) is 2. The number of anilines is 2. The van der Waals surface area contributed by atoms with E-state index in [0.29, 0.717) is 25.9 Å². The minimum Gasteiger partial charge on any atom is -0.453 e. The van der Waals surface area contributed by atoms with E-state index >= 15 is 0 Å². The van der Waals surface area contributed by atoms with Crippen LogP contribution >= 0.6 is 22.7 Å². The van der Waals surface area contributed by atoms with Gasteiger partial charge in [-0.05, 0) is 26.7 Å². The molecule has 10 heteroatoms. The number of thiazole rings is 2. The number of hydrogen-bond acceptors (Lipinski definition) is 10. The standard InChI is InChI=1S/C24H34N4O4S2/c1-5-7-15-11-23(3,31-19(15)29)17-13-33-21(27-17)25-9-10-26-22-28-18(14-34-22)24(4)12-16(8-6-2)20(30)32-24/h13-16H,5-12H2,1-4H3,(H,25,27)(H,26,28)/t15-,16-,23+,24+/m1/s1. The van der Waals surface area contributed by atoms with Gasteiger partial charge in [-0.15, -0.1) is 22.7 Å². The molecule has 8 nitrogen and oxygen atoms in total. The van der Waals surface area contributed by atoms with Crippen molar-refractivity contribution in [2.24, 2.45) is 11.8 Å². The van der Waals surface area contributed by atoms with Crippen molar-refractivity contribution >= 4 is 44.9 Å². The zero-order valence-electron chi connectivity index (χ0n) is 20.3. The van der Waals surface area contributed by atoms with Crippen molar-refractivity contribution in [1.82, 2.24) is 9.97 Å². The lowest BCUT2D eigenvalue weighted by atomic mass is 9.91. The summed E-state index contributed by atoms with van der Waals surface area (Å²) in [5.41, 5.74) is 0.341. The Balaban J connectivity index is 1.25. The van der Waals surface area contributed by atoms with E-state index in [9.17, 15) is 9.59 Å². The van der Waals surface area contributed by atoms with Crippen LogP contribution in [0.2, 0.25) is 0 Å². The SMILES string of the molecule is CCC[C@@H]1C[C@@](C)(c2csc(NCCNc3nc([C@]4(C)C[C@@H](CCC)C(=O)O4)cs3)n2)OC1=O. The van der Waals surface area contributed by atoms with Gasteiger partial charge >= 0.3 is 11.9 Å². The summed E-state index contributed by atoms with van der Waals surface area (Å²) in [4.78, 5) is 33.7. The number of rotatable bonds is 11. The summed E-state index contributed by atoms with van der Waals surface area (Å²) < 4.78 is 11.4. The van der Waals surface area contributed by atoms with E-state index in [1.165, 1.54) is 22.7 Å². The summed E-state index contributed by atoms with van der Waals surface area (Å²) in [6.45, 7) is 9.41. The molecule has 0 aromatic carbocycles. The summed E-state index contributed by atoms with van der Waals surface area (Å²) >= 11 is 3.04. The van der Waals surface area contributed by atoms with Crippen LogP contribution in [-0.4, -0.2) is 35.0 Å². The van der Waals surface area contributed by atoms with Crippen molar-refractivity contribution < 1.29 is 19.1 Å². The number of esters is 2. The van der Waals surface area contributed by atoms with Crippen molar-refractivity contribution in [2.75, 3.05) is 23.7 Å². The van der Waals surface area contributed by atoms with Crippen molar-refractivity contribution in [3.63, 3.8) is 0 Å². The van der Waals surface area contributed by atoms with Crippen molar-refractivity contribution in [2.45, 2.75) is 77.4 Å². The molecule has 4 rings (SSSR count). The minimum absolute atomic E-state index is 0.0342. The van der Waals surface area contributed by atoms with Crippen LogP contribution in [0, 0.1) is 11.8 Å². The Bertz CT molecular complexity index is 944. The van der Waals surface area contributed by atoms with Gasteiger partial charge in [0, 0.05) is 36.7 Å². The third-order valence-corrected chi connectivity index (χ3v) is 8.23. The Labute approximate surface area is 208 Å². The first-order chi connectivity index (χ1) is 16.3. The van der Waals surface area contributed by atoms with Gasteiger partial charge in [0.2, 0.25) is 0 Å². The number of carbonyl (C=O) groups is 2. The van der Waals surface area contributed by atoms with Gasteiger partial charge < -0.3 is 20.1 Å².